The topological polar surface area (TPSA) is 102 Å². The van der Waals surface area contributed by atoms with Gasteiger partial charge in [-0.05, 0) is 38.5 Å². The van der Waals surface area contributed by atoms with Gasteiger partial charge in [0.1, 0.15) is 29.6 Å². The summed E-state index contributed by atoms with van der Waals surface area (Å²) in [5.74, 6) is -0.451. The van der Waals surface area contributed by atoms with E-state index in [1.807, 2.05) is 14.0 Å². The van der Waals surface area contributed by atoms with Crippen molar-refractivity contribution in [1.82, 2.24) is 24.9 Å². The fourth-order valence-electron chi connectivity index (χ4n) is 4.56. The van der Waals surface area contributed by atoms with Crippen molar-refractivity contribution in [1.29, 1.82) is 0 Å². The van der Waals surface area contributed by atoms with Crippen LogP contribution in [-0.4, -0.2) is 42.7 Å². The molecule has 1 aromatic carbocycles. The van der Waals surface area contributed by atoms with Gasteiger partial charge in [-0.25, -0.2) is 18.7 Å². The lowest BCUT2D eigenvalue weighted by Crippen LogP contribution is -2.20. The van der Waals surface area contributed by atoms with Crippen molar-refractivity contribution < 1.29 is 23.1 Å². The first-order chi connectivity index (χ1) is 17.8. The molecule has 0 unspecified atom stereocenters. The van der Waals surface area contributed by atoms with Gasteiger partial charge < -0.3 is 19.3 Å². The molecule has 3 aromatic heterocycles. The summed E-state index contributed by atoms with van der Waals surface area (Å²) < 4.78 is 43.8. The van der Waals surface area contributed by atoms with Gasteiger partial charge in [-0.15, -0.1) is 0 Å². The third kappa shape index (κ3) is 4.66. The van der Waals surface area contributed by atoms with Gasteiger partial charge in [-0.1, -0.05) is 18.5 Å². The van der Waals surface area contributed by atoms with Gasteiger partial charge in [0.05, 0.1) is 41.4 Å². The van der Waals surface area contributed by atoms with Crippen molar-refractivity contribution in [2.45, 2.75) is 52.8 Å². The minimum absolute atomic E-state index is 0.00228. The fourth-order valence-corrected chi connectivity index (χ4v) is 4.56. The number of hydrogen-bond acceptors (Lipinski definition) is 8. The van der Waals surface area contributed by atoms with Crippen molar-refractivity contribution >= 4 is 5.82 Å². The number of ether oxygens (including phenoxy) is 1. The highest BCUT2D eigenvalue weighted by Crippen LogP contribution is 2.37. The molecular formula is C26H28F2N6O3. The molecule has 1 N–H and O–H groups in total. The second-order valence-corrected chi connectivity index (χ2v) is 9.22. The van der Waals surface area contributed by atoms with E-state index in [9.17, 15) is 5.11 Å². The Kier molecular flexibility index (Phi) is 6.63. The molecule has 5 rings (SSSR count). The van der Waals surface area contributed by atoms with Crippen LogP contribution in [0.5, 0.6) is 5.75 Å². The normalized spacial score (nSPS) is 13.8. The van der Waals surface area contributed by atoms with Crippen LogP contribution in [0.25, 0.3) is 22.6 Å². The Morgan fingerprint density at radius 2 is 2.00 bits per heavy atom. The van der Waals surface area contributed by atoms with Crippen molar-refractivity contribution in [3.63, 3.8) is 0 Å². The molecular weight excluding hydrogens is 482 g/mol. The number of nitrogens with zero attached hydrogens (tertiary/aromatic N) is 6. The number of aliphatic hydroxyl groups excluding tert-OH is 1. The highest BCUT2D eigenvalue weighted by atomic mass is 19.1. The second kappa shape index (κ2) is 9.89. The average Bonchev–Trinajstić information content (AvgIpc) is 3.55. The van der Waals surface area contributed by atoms with Crippen LogP contribution in [-0.2, 0) is 20.1 Å². The Morgan fingerprint density at radius 3 is 2.70 bits per heavy atom. The molecule has 1 aliphatic rings. The molecule has 194 valence electrons. The van der Waals surface area contributed by atoms with E-state index in [4.69, 9.17) is 9.26 Å². The molecule has 9 nitrogen and oxygen atoms in total. The average molecular weight is 511 g/mol. The molecule has 11 heteroatoms. The summed E-state index contributed by atoms with van der Waals surface area (Å²) in [7, 11) is 1.83. The van der Waals surface area contributed by atoms with Crippen molar-refractivity contribution in [2.75, 3.05) is 11.5 Å². The molecule has 0 aliphatic carbocycles. The predicted octanol–water partition coefficient (Wildman–Crippen LogP) is 4.49. The van der Waals surface area contributed by atoms with Crippen molar-refractivity contribution in [2.24, 2.45) is 7.05 Å². The summed E-state index contributed by atoms with van der Waals surface area (Å²) in [4.78, 5) is 10.7. The second-order valence-electron chi connectivity index (χ2n) is 9.22. The molecule has 0 radical (unpaired) electrons. The van der Waals surface area contributed by atoms with Crippen LogP contribution in [0.4, 0.5) is 14.6 Å². The molecule has 1 aliphatic heterocycles. The molecule has 0 bridgehead atoms. The first kappa shape index (κ1) is 24.8. The SMILES string of the molecule is CCC[C@@H](O)COc1ccc(F)c(-c2nc(-c3c(C)noc3C)c(F)c(N3Cc4cnn(C)c4C3)n2)c1. The summed E-state index contributed by atoms with van der Waals surface area (Å²) in [6, 6.07) is 4.18. The Labute approximate surface area is 212 Å². The van der Waals surface area contributed by atoms with Crippen LogP contribution in [0.15, 0.2) is 28.9 Å². The standard InChI is InChI=1S/C26H28F2N6O3/c1-5-6-17(35)13-36-18-7-8-20(27)19(9-18)25-30-24(22-14(2)32-37-15(22)3)23(28)26(31-25)34-11-16-10-29-33(4)21(16)12-34/h7-10,17,35H,5-6,11-13H2,1-4H3/t17-/m1/s1. The minimum atomic E-state index is -0.644. The maximum atomic E-state index is 16.0. The van der Waals surface area contributed by atoms with E-state index in [1.165, 1.54) is 18.2 Å². The third-order valence-corrected chi connectivity index (χ3v) is 6.50. The number of benzene rings is 1. The molecule has 0 saturated heterocycles. The Hall–Kier alpha value is -3.86. The molecule has 1 atom stereocenters. The largest absolute Gasteiger partial charge is 0.491 e. The maximum absolute atomic E-state index is 16.0. The van der Waals surface area contributed by atoms with Crippen LogP contribution < -0.4 is 9.64 Å². The Balaban J connectivity index is 1.60. The maximum Gasteiger partial charge on any atom is 0.192 e. The quantitative estimate of drug-likeness (QED) is 0.370. The van der Waals surface area contributed by atoms with Gasteiger partial charge in [0, 0.05) is 19.2 Å². The van der Waals surface area contributed by atoms with Crippen molar-refractivity contribution in [3.8, 4) is 28.4 Å². The minimum Gasteiger partial charge on any atom is -0.491 e. The number of halogens is 2. The molecule has 0 fully saturated rings. The molecule has 37 heavy (non-hydrogen) atoms. The lowest BCUT2D eigenvalue weighted by atomic mass is 10.1. The van der Waals surface area contributed by atoms with E-state index < -0.39 is 17.7 Å². The summed E-state index contributed by atoms with van der Waals surface area (Å²) in [5.41, 5.74) is 2.81. The van der Waals surface area contributed by atoms with Gasteiger partial charge in [0.2, 0.25) is 0 Å². The van der Waals surface area contributed by atoms with E-state index in [1.54, 1.807) is 29.6 Å². The van der Waals surface area contributed by atoms with E-state index in [0.717, 1.165) is 17.7 Å². The highest BCUT2D eigenvalue weighted by Gasteiger charge is 2.30. The first-order valence-corrected chi connectivity index (χ1v) is 12.1. The van der Waals surface area contributed by atoms with Crippen LogP contribution in [0, 0.1) is 25.5 Å². The van der Waals surface area contributed by atoms with Gasteiger partial charge in [0.15, 0.2) is 17.5 Å². The third-order valence-electron chi connectivity index (χ3n) is 6.50. The van der Waals surface area contributed by atoms with Gasteiger partial charge >= 0.3 is 0 Å². The summed E-state index contributed by atoms with van der Waals surface area (Å²) >= 11 is 0. The van der Waals surface area contributed by atoms with Gasteiger partial charge in [0.25, 0.3) is 0 Å². The van der Waals surface area contributed by atoms with Crippen LogP contribution in [0.2, 0.25) is 0 Å². The fraction of sp³-hybridized carbons (Fsp3) is 0.385. The van der Waals surface area contributed by atoms with E-state index >= 15 is 8.78 Å². The number of fused-ring (bicyclic) bond motifs is 1. The van der Waals surface area contributed by atoms with Crippen LogP contribution in [0.3, 0.4) is 0 Å². The van der Waals surface area contributed by atoms with E-state index in [-0.39, 0.29) is 29.5 Å². The summed E-state index contributed by atoms with van der Waals surface area (Å²) in [6.07, 6.45) is 2.52. The zero-order valence-corrected chi connectivity index (χ0v) is 21.1. The van der Waals surface area contributed by atoms with Crippen LogP contribution in [0.1, 0.15) is 42.5 Å². The first-order valence-electron chi connectivity index (χ1n) is 12.1. The van der Waals surface area contributed by atoms with E-state index in [0.29, 0.717) is 42.3 Å². The van der Waals surface area contributed by atoms with Gasteiger partial charge in [-0.2, -0.15) is 5.10 Å². The monoisotopic (exact) mass is 510 g/mol. The van der Waals surface area contributed by atoms with E-state index in [2.05, 4.69) is 20.2 Å². The zero-order chi connectivity index (χ0) is 26.3. The predicted molar refractivity (Wildman–Crippen MR) is 132 cm³/mol. The number of aryl methyl sites for hydroxylation is 3. The number of aromatic nitrogens is 5. The summed E-state index contributed by atoms with van der Waals surface area (Å²) in [6.45, 7) is 6.19. The smallest absolute Gasteiger partial charge is 0.192 e. The lowest BCUT2D eigenvalue weighted by molar-refractivity contribution is 0.0993. The molecule has 0 amide bonds. The molecule has 0 saturated carbocycles. The van der Waals surface area contributed by atoms with Gasteiger partial charge in [-0.3, -0.25) is 4.68 Å². The molecule has 0 spiro atoms. The molecule has 4 heterocycles. The lowest BCUT2D eigenvalue weighted by Gasteiger charge is -2.20. The molecule has 4 aromatic rings. The Morgan fingerprint density at radius 1 is 1.19 bits per heavy atom. The highest BCUT2D eigenvalue weighted by molar-refractivity contribution is 5.72. The number of anilines is 1. The van der Waals surface area contributed by atoms with Crippen molar-refractivity contribution in [3.05, 3.63) is 58.7 Å². The number of rotatable bonds is 8. The number of hydrogen-bond donors (Lipinski definition) is 1. The number of aliphatic hydroxyl groups is 1. The summed E-state index contributed by atoms with van der Waals surface area (Å²) in [5, 5.41) is 18.2. The zero-order valence-electron chi connectivity index (χ0n) is 21.1. The van der Waals surface area contributed by atoms with Crippen LogP contribution >= 0.6 is 0 Å². The Bertz CT molecular complexity index is 1430.